The summed E-state index contributed by atoms with van der Waals surface area (Å²) in [4.78, 5) is 23.6. The van der Waals surface area contributed by atoms with Crippen molar-refractivity contribution in [2.45, 2.75) is 12.6 Å². The van der Waals surface area contributed by atoms with Crippen molar-refractivity contribution >= 4 is 40.7 Å². The minimum absolute atomic E-state index is 0.111. The van der Waals surface area contributed by atoms with Gasteiger partial charge in [-0.05, 0) is 42.3 Å². The quantitative estimate of drug-likeness (QED) is 0.745. The molecule has 0 saturated carbocycles. The summed E-state index contributed by atoms with van der Waals surface area (Å²) in [7, 11) is 0. The van der Waals surface area contributed by atoms with E-state index in [1.54, 1.807) is 24.3 Å². The molecule has 2 N–H and O–H groups in total. The summed E-state index contributed by atoms with van der Waals surface area (Å²) >= 11 is 11.5. The van der Waals surface area contributed by atoms with Crippen LogP contribution in [0.2, 0.25) is 10.0 Å². The van der Waals surface area contributed by atoms with Crippen LogP contribution in [0.25, 0.3) is 0 Å². The summed E-state index contributed by atoms with van der Waals surface area (Å²) in [6.45, 7) is 0.171. The molecule has 0 unspecified atom stereocenters. The summed E-state index contributed by atoms with van der Waals surface area (Å²) < 4.78 is 38.1. The fourth-order valence-corrected chi connectivity index (χ4v) is 2.32. The van der Waals surface area contributed by atoms with Crippen LogP contribution in [0.5, 0.6) is 0 Å². The molecule has 0 aliphatic heterocycles. The highest BCUT2D eigenvalue weighted by molar-refractivity contribution is 6.41. The van der Waals surface area contributed by atoms with Gasteiger partial charge < -0.3 is 10.6 Å². The molecule has 2 amide bonds. The normalized spacial score (nSPS) is 11.1. The Bertz CT molecular complexity index is 809. The average molecular weight is 405 g/mol. The topological polar surface area (TPSA) is 58.2 Å². The predicted molar refractivity (Wildman–Crippen MR) is 93.2 cm³/mol. The third-order valence-corrected chi connectivity index (χ3v) is 3.94. The van der Waals surface area contributed by atoms with Crippen LogP contribution in [0.1, 0.15) is 11.1 Å². The Hall–Kier alpha value is -2.25. The van der Waals surface area contributed by atoms with Gasteiger partial charge in [0.1, 0.15) is 0 Å². The lowest BCUT2D eigenvalue weighted by Gasteiger charge is -2.11. The lowest BCUT2D eigenvalue weighted by molar-refractivity contribution is -0.137. The van der Waals surface area contributed by atoms with Gasteiger partial charge in [-0.25, -0.2) is 0 Å². The number of benzene rings is 2. The van der Waals surface area contributed by atoms with E-state index < -0.39 is 23.6 Å². The summed E-state index contributed by atoms with van der Waals surface area (Å²) in [6.07, 6.45) is -4.13. The van der Waals surface area contributed by atoms with Gasteiger partial charge in [0.15, 0.2) is 0 Å². The first kappa shape index (κ1) is 20.1. The van der Waals surface area contributed by atoms with Gasteiger partial charge in [0.05, 0.1) is 16.3 Å². The third-order valence-electron chi connectivity index (χ3n) is 3.36. The first-order valence-electron chi connectivity index (χ1n) is 7.37. The summed E-state index contributed by atoms with van der Waals surface area (Å²) in [5.41, 5.74) is -0.379. The standard InChI is InChI=1S/C17H13Cl2F3N2O2/c18-12-4-1-10(2-5-12)7-8-23-15(25)16(26)24-14-9-11(17(20,21)22)3-6-13(14)19/h1-6,9H,7-8H2,(H,23,25)(H,24,26). The molecule has 2 rings (SSSR count). The number of alkyl halides is 3. The Morgan fingerprint density at radius 1 is 0.962 bits per heavy atom. The second-order valence-corrected chi connectivity index (χ2v) is 6.12. The number of carbonyl (C=O) groups is 2. The highest BCUT2D eigenvalue weighted by atomic mass is 35.5. The van der Waals surface area contributed by atoms with E-state index in [2.05, 4.69) is 10.6 Å². The molecule has 0 heterocycles. The van der Waals surface area contributed by atoms with Gasteiger partial charge in [-0.3, -0.25) is 9.59 Å². The van der Waals surface area contributed by atoms with Crippen LogP contribution in [0, 0.1) is 0 Å². The molecule has 138 valence electrons. The van der Waals surface area contributed by atoms with Gasteiger partial charge in [0.2, 0.25) is 0 Å². The first-order valence-corrected chi connectivity index (χ1v) is 8.13. The SMILES string of the molecule is O=C(NCCc1ccc(Cl)cc1)C(=O)Nc1cc(C(F)(F)F)ccc1Cl. The van der Waals surface area contributed by atoms with Crippen molar-refractivity contribution < 1.29 is 22.8 Å². The zero-order chi connectivity index (χ0) is 19.3. The number of rotatable bonds is 4. The van der Waals surface area contributed by atoms with Gasteiger partial charge in [0.25, 0.3) is 0 Å². The first-order chi connectivity index (χ1) is 12.2. The van der Waals surface area contributed by atoms with Crippen molar-refractivity contribution in [3.63, 3.8) is 0 Å². The van der Waals surface area contributed by atoms with Crippen LogP contribution in [0.3, 0.4) is 0 Å². The van der Waals surface area contributed by atoms with E-state index in [-0.39, 0.29) is 17.3 Å². The molecule has 0 radical (unpaired) electrons. The molecule has 0 bridgehead atoms. The highest BCUT2D eigenvalue weighted by Crippen LogP contribution is 2.33. The Labute approximate surface area is 157 Å². The molecular formula is C17H13Cl2F3N2O2. The Balaban J connectivity index is 1.92. The molecule has 26 heavy (non-hydrogen) atoms. The zero-order valence-electron chi connectivity index (χ0n) is 13.2. The van der Waals surface area contributed by atoms with Gasteiger partial charge in [-0.15, -0.1) is 0 Å². The van der Waals surface area contributed by atoms with Gasteiger partial charge in [0, 0.05) is 11.6 Å². The van der Waals surface area contributed by atoms with Crippen LogP contribution in [-0.2, 0) is 22.2 Å². The molecule has 0 aliphatic rings. The molecule has 0 atom stereocenters. The maximum Gasteiger partial charge on any atom is 0.416 e. The average Bonchev–Trinajstić information content (AvgIpc) is 2.57. The van der Waals surface area contributed by atoms with Crippen molar-refractivity contribution in [3.8, 4) is 0 Å². The molecule has 4 nitrogen and oxygen atoms in total. The number of hydrogen-bond acceptors (Lipinski definition) is 2. The van der Waals surface area contributed by atoms with Crippen LogP contribution in [-0.4, -0.2) is 18.4 Å². The molecule has 2 aromatic carbocycles. The largest absolute Gasteiger partial charge is 0.416 e. The van der Waals surface area contributed by atoms with Crippen LogP contribution in [0.4, 0.5) is 18.9 Å². The zero-order valence-corrected chi connectivity index (χ0v) is 14.7. The lowest BCUT2D eigenvalue weighted by atomic mass is 10.1. The molecule has 9 heteroatoms. The number of anilines is 1. The van der Waals surface area contributed by atoms with Crippen LogP contribution < -0.4 is 10.6 Å². The minimum atomic E-state index is -4.59. The summed E-state index contributed by atoms with van der Waals surface area (Å²) in [5.74, 6) is -2.09. The molecule has 2 aromatic rings. The third kappa shape index (κ3) is 5.64. The fraction of sp³-hybridized carbons (Fsp3) is 0.176. The van der Waals surface area contributed by atoms with Crippen LogP contribution >= 0.6 is 23.2 Å². The Morgan fingerprint density at radius 3 is 2.23 bits per heavy atom. The van der Waals surface area contributed by atoms with Gasteiger partial charge in [-0.2, -0.15) is 13.2 Å². The maximum atomic E-state index is 12.7. The van der Waals surface area contributed by atoms with Gasteiger partial charge >= 0.3 is 18.0 Å². The van der Waals surface area contributed by atoms with Crippen molar-refractivity contribution in [2.24, 2.45) is 0 Å². The molecule has 0 saturated heterocycles. The summed E-state index contributed by atoms with van der Waals surface area (Å²) in [6, 6.07) is 9.39. The van der Waals surface area contributed by atoms with E-state index in [4.69, 9.17) is 23.2 Å². The van der Waals surface area contributed by atoms with E-state index in [9.17, 15) is 22.8 Å². The van der Waals surface area contributed by atoms with E-state index in [1.807, 2.05) is 0 Å². The molecule has 0 fully saturated rings. The second kappa shape index (κ2) is 8.42. The minimum Gasteiger partial charge on any atom is -0.347 e. The molecule has 0 aromatic heterocycles. The Morgan fingerprint density at radius 2 is 1.62 bits per heavy atom. The van der Waals surface area contributed by atoms with Crippen LogP contribution in [0.15, 0.2) is 42.5 Å². The number of halogens is 5. The lowest BCUT2D eigenvalue weighted by Crippen LogP contribution is -2.36. The van der Waals surface area contributed by atoms with E-state index >= 15 is 0 Å². The number of nitrogens with one attached hydrogen (secondary N) is 2. The highest BCUT2D eigenvalue weighted by Gasteiger charge is 2.31. The predicted octanol–water partition coefficient (Wildman–Crippen LogP) is 4.31. The fourth-order valence-electron chi connectivity index (χ4n) is 2.03. The van der Waals surface area contributed by atoms with Gasteiger partial charge in [-0.1, -0.05) is 35.3 Å². The maximum absolute atomic E-state index is 12.7. The van der Waals surface area contributed by atoms with E-state index in [0.717, 1.165) is 17.7 Å². The second-order valence-electron chi connectivity index (χ2n) is 5.28. The smallest absolute Gasteiger partial charge is 0.347 e. The monoisotopic (exact) mass is 404 g/mol. The van der Waals surface area contributed by atoms with Crippen molar-refractivity contribution in [1.82, 2.24) is 5.32 Å². The number of carbonyl (C=O) groups excluding carboxylic acids is 2. The Kier molecular flexibility index (Phi) is 6.50. The van der Waals surface area contributed by atoms with Crippen molar-refractivity contribution in [1.29, 1.82) is 0 Å². The molecule has 0 aliphatic carbocycles. The molecule has 0 spiro atoms. The van der Waals surface area contributed by atoms with E-state index in [1.165, 1.54) is 0 Å². The van der Waals surface area contributed by atoms with E-state index in [0.29, 0.717) is 17.5 Å². The number of hydrogen-bond donors (Lipinski definition) is 2. The summed E-state index contributed by atoms with van der Waals surface area (Å²) in [5, 5.41) is 4.93. The van der Waals surface area contributed by atoms with Crippen molar-refractivity contribution in [3.05, 3.63) is 63.6 Å². The van der Waals surface area contributed by atoms with Crippen molar-refractivity contribution in [2.75, 3.05) is 11.9 Å². The molecular weight excluding hydrogens is 392 g/mol. The number of amides is 2.